The molecule has 1 amide bonds. The summed E-state index contributed by atoms with van der Waals surface area (Å²) < 4.78 is 16.6. The number of hydrogen-bond acceptors (Lipinski definition) is 4. The number of nitrogens with one attached hydrogen (secondary N) is 2. The van der Waals surface area contributed by atoms with Gasteiger partial charge in [0.25, 0.3) is 0 Å². The molecule has 3 aromatic heterocycles. The monoisotopic (exact) mass is 384 g/mol. The van der Waals surface area contributed by atoms with Gasteiger partial charge in [-0.1, -0.05) is 0 Å². The number of alkyl halides is 1. The van der Waals surface area contributed by atoms with Gasteiger partial charge >= 0.3 is 0 Å². The van der Waals surface area contributed by atoms with Gasteiger partial charge in [0, 0.05) is 54.6 Å². The fraction of sp³-hybridized carbons (Fsp3) is 0.450. The Morgan fingerprint density at radius 2 is 2.21 bits per heavy atom. The largest absolute Gasteiger partial charge is 0.384 e. The second-order valence-corrected chi connectivity index (χ2v) is 7.24. The van der Waals surface area contributed by atoms with E-state index in [-0.39, 0.29) is 18.5 Å². The third-order valence-corrected chi connectivity index (χ3v) is 5.54. The van der Waals surface area contributed by atoms with Gasteiger partial charge in [0.1, 0.15) is 11.8 Å². The number of anilines is 1. The molecule has 0 spiro atoms. The highest BCUT2D eigenvalue weighted by Gasteiger charge is 2.33. The van der Waals surface area contributed by atoms with E-state index >= 15 is 0 Å². The Labute approximate surface area is 162 Å². The number of piperidine rings is 1. The smallest absolute Gasteiger partial charge is 0.219 e. The number of amides is 1. The first-order valence-corrected chi connectivity index (χ1v) is 9.65. The van der Waals surface area contributed by atoms with Crippen molar-refractivity contribution < 1.29 is 9.18 Å². The Bertz CT molecular complexity index is 1010. The van der Waals surface area contributed by atoms with Crippen molar-refractivity contribution >= 4 is 22.6 Å². The van der Waals surface area contributed by atoms with Crippen LogP contribution < -0.4 is 5.32 Å². The Kier molecular flexibility index (Phi) is 4.78. The molecule has 1 aliphatic rings. The van der Waals surface area contributed by atoms with Gasteiger partial charge in [-0.3, -0.25) is 9.48 Å². The van der Waals surface area contributed by atoms with E-state index < -0.39 is 6.17 Å². The number of aromatic amines is 1. The van der Waals surface area contributed by atoms with Crippen molar-refractivity contribution in [1.29, 1.82) is 0 Å². The fourth-order valence-corrected chi connectivity index (χ4v) is 4.06. The van der Waals surface area contributed by atoms with Crippen LogP contribution in [-0.4, -0.2) is 56.4 Å². The van der Waals surface area contributed by atoms with Gasteiger partial charge < -0.3 is 15.2 Å². The molecule has 148 valence electrons. The maximum atomic E-state index is 14.8. The lowest BCUT2D eigenvalue weighted by atomic mass is 10.0. The third-order valence-electron chi connectivity index (χ3n) is 5.54. The first kappa shape index (κ1) is 18.5. The Hall–Kier alpha value is -2.90. The number of carbonyl (C=O) groups excluding carboxylic acids is 1. The van der Waals surface area contributed by atoms with Gasteiger partial charge in [0.05, 0.1) is 24.5 Å². The zero-order valence-electron chi connectivity index (χ0n) is 16.4. The van der Waals surface area contributed by atoms with Crippen molar-refractivity contribution in [3.05, 3.63) is 30.4 Å². The maximum Gasteiger partial charge on any atom is 0.219 e. The molecule has 0 aliphatic carbocycles. The molecule has 0 radical (unpaired) electrons. The maximum absolute atomic E-state index is 14.8. The predicted octanol–water partition coefficient (Wildman–Crippen LogP) is 3.30. The van der Waals surface area contributed by atoms with E-state index in [1.165, 1.54) is 6.92 Å². The third kappa shape index (κ3) is 3.02. The van der Waals surface area contributed by atoms with Crippen molar-refractivity contribution in [1.82, 2.24) is 24.6 Å². The Balaban J connectivity index is 1.71. The highest BCUT2D eigenvalue weighted by atomic mass is 19.1. The summed E-state index contributed by atoms with van der Waals surface area (Å²) in [6, 6.07) is 1.63. The fourth-order valence-electron chi connectivity index (χ4n) is 4.06. The average molecular weight is 384 g/mol. The van der Waals surface area contributed by atoms with Crippen molar-refractivity contribution in [3.63, 3.8) is 0 Å². The van der Waals surface area contributed by atoms with Gasteiger partial charge in [0.15, 0.2) is 0 Å². The van der Waals surface area contributed by atoms with Gasteiger partial charge in [-0.15, -0.1) is 0 Å². The second kappa shape index (κ2) is 7.26. The molecule has 3 aromatic rings. The molecule has 1 aliphatic heterocycles. The number of fused-ring (bicyclic) bond motifs is 1. The molecule has 7 nitrogen and oxygen atoms in total. The molecule has 1 saturated heterocycles. The lowest BCUT2D eigenvalue weighted by Crippen LogP contribution is -2.45. The number of hydrogen-bond donors (Lipinski definition) is 2. The summed E-state index contributed by atoms with van der Waals surface area (Å²) in [7, 11) is 0. The zero-order valence-corrected chi connectivity index (χ0v) is 16.4. The molecule has 0 aromatic carbocycles. The molecular weight excluding hydrogens is 359 g/mol. The summed E-state index contributed by atoms with van der Waals surface area (Å²) in [5.74, 6) is -0.0832. The number of rotatable bonds is 4. The van der Waals surface area contributed by atoms with Crippen LogP contribution >= 0.6 is 0 Å². The molecule has 4 heterocycles. The van der Waals surface area contributed by atoms with Crippen LogP contribution in [0.5, 0.6) is 0 Å². The van der Waals surface area contributed by atoms with Crippen LogP contribution in [0.1, 0.15) is 32.0 Å². The van der Waals surface area contributed by atoms with Crippen molar-refractivity contribution in [2.45, 2.75) is 39.4 Å². The molecule has 2 atom stereocenters. The second-order valence-electron chi connectivity index (χ2n) is 7.24. The summed E-state index contributed by atoms with van der Waals surface area (Å²) in [5, 5.41) is 8.96. The highest BCUT2D eigenvalue weighted by Crippen LogP contribution is 2.36. The first-order valence-electron chi connectivity index (χ1n) is 9.65. The average Bonchev–Trinajstić information content (AvgIpc) is 3.29. The van der Waals surface area contributed by atoms with Crippen molar-refractivity contribution in [3.8, 4) is 11.1 Å². The topological polar surface area (TPSA) is 78.8 Å². The van der Waals surface area contributed by atoms with E-state index in [0.29, 0.717) is 13.0 Å². The van der Waals surface area contributed by atoms with Crippen LogP contribution in [0.4, 0.5) is 10.1 Å². The van der Waals surface area contributed by atoms with E-state index in [0.717, 1.165) is 40.1 Å². The quantitative estimate of drug-likeness (QED) is 0.723. The Morgan fingerprint density at radius 1 is 1.39 bits per heavy atom. The molecule has 0 bridgehead atoms. The number of pyridine rings is 1. The normalized spacial score (nSPS) is 19.9. The van der Waals surface area contributed by atoms with Crippen LogP contribution in [0.25, 0.3) is 22.2 Å². The summed E-state index contributed by atoms with van der Waals surface area (Å²) in [5.41, 5.74) is 4.62. The lowest BCUT2D eigenvalue weighted by molar-refractivity contribution is -0.131. The summed E-state index contributed by atoms with van der Waals surface area (Å²) in [6.45, 7) is 6.94. The number of likely N-dealkylation sites (tertiary alicyclic amines) is 1. The van der Waals surface area contributed by atoms with Crippen molar-refractivity contribution in [2.24, 2.45) is 0 Å². The number of aromatic nitrogens is 4. The molecule has 4 rings (SSSR count). The van der Waals surface area contributed by atoms with Crippen molar-refractivity contribution in [2.75, 3.05) is 25.0 Å². The standard InChI is InChI=1S/C20H25FN6O/c1-4-22-19-14-5-7-23-20(14)24-9-16(19)15-10-25-27(12(15)2)18-6-8-26(13(3)28)11-17(18)21/h5,7,9-10,17-18H,4,6,8,11H2,1-3H3,(H2,22,23,24)/t17-,18-/m0/s1. The predicted molar refractivity (Wildman–Crippen MR) is 107 cm³/mol. The number of halogens is 1. The van der Waals surface area contributed by atoms with Crippen LogP contribution in [0.15, 0.2) is 24.7 Å². The minimum Gasteiger partial charge on any atom is -0.384 e. The molecule has 8 heteroatoms. The minimum atomic E-state index is -1.14. The van der Waals surface area contributed by atoms with Gasteiger partial charge in [-0.2, -0.15) is 5.10 Å². The number of carbonyl (C=O) groups is 1. The van der Waals surface area contributed by atoms with E-state index in [4.69, 9.17) is 0 Å². The van der Waals surface area contributed by atoms with E-state index in [2.05, 4.69) is 27.3 Å². The Morgan fingerprint density at radius 3 is 2.93 bits per heavy atom. The zero-order chi connectivity index (χ0) is 19.8. The van der Waals surface area contributed by atoms with Gasteiger partial charge in [-0.25, -0.2) is 9.37 Å². The summed E-state index contributed by atoms with van der Waals surface area (Å²) in [6.07, 6.45) is 4.90. The number of H-pyrrole nitrogens is 1. The van der Waals surface area contributed by atoms with Gasteiger partial charge in [-0.05, 0) is 26.3 Å². The summed E-state index contributed by atoms with van der Waals surface area (Å²) >= 11 is 0. The van der Waals surface area contributed by atoms with Crippen LogP contribution in [0.3, 0.4) is 0 Å². The molecule has 0 saturated carbocycles. The van der Waals surface area contributed by atoms with E-state index in [1.807, 2.05) is 25.4 Å². The SMILES string of the molecule is CCNc1c(-c2cnn([C@H]3CCN(C(C)=O)C[C@@H]3F)c2C)cnc2[nH]ccc12. The molecule has 28 heavy (non-hydrogen) atoms. The minimum absolute atomic E-state index is 0.0832. The van der Waals surface area contributed by atoms with Gasteiger partial charge in [0.2, 0.25) is 5.91 Å². The highest BCUT2D eigenvalue weighted by molar-refractivity contribution is 5.98. The first-order chi connectivity index (χ1) is 13.5. The lowest BCUT2D eigenvalue weighted by Gasteiger charge is -2.34. The van der Waals surface area contributed by atoms with Crippen LogP contribution in [-0.2, 0) is 4.79 Å². The number of nitrogens with zero attached hydrogens (tertiary/aromatic N) is 4. The van der Waals surface area contributed by atoms with E-state index in [9.17, 15) is 9.18 Å². The summed E-state index contributed by atoms with van der Waals surface area (Å²) in [4.78, 5) is 20.8. The van der Waals surface area contributed by atoms with Crippen LogP contribution in [0, 0.1) is 6.92 Å². The van der Waals surface area contributed by atoms with E-state index in [1.54, 1.807) is 15.8 Å². The molecular formula is C20H25FN6O. The molecule has 2 N–H and O–H groups in total. The molecule has 0 unspecified atom stereocenters. The molecule has 1 fully saturated rings. The van der Waals surface area contributed by atoms with Crippen LogP contribution in [0.2, 0.25) is 0 Å².